The standard InChI is InChI=1S/C11H10Cl2N4S/c12-8-3-1-7(2-4-8)6-18-10-9(13)5-15-11(16-10)17-14/h1-5H,6,14H2,(H,15,16,17). The number of nitrogen functional groups attached to an aromatic ring is 1. The van der Waals surface area contributed by atoms with Gasteiger partial charge in [0.15, 0.2) is 0 Å². The first kappa shape index (κ1) is 13.4. The predicted octanol–water partition coefficient (Wildman–Crippen LogP) is 3.36. The molecule has 2 aromatic rings. The number of aromatic nitrogens is 2. The van der Waals surface area contributed by atoms with E-state index in [-0.39, 0.29) is 0 Å². The van der Waals surface area contributed by atoms with E-state index < -0.39 is 0 Å². The van der Waals surface area contributed by atoms with Gasteiger partial charge < -0.3 is 0 Å². The van der Waals surface area contributed by atoms with Crippen LogP contribution in [0.4, 0.5) is 5.95 Å². The van der Waals surface area contributed by atoms with Crippen LogP contribution in [0, 0.1) is 0 Å². The largest absolute Gasteiger partial charge is 0.292 e. The first-order valence-corrected chi connectivity index (χ1v) is 6.79. The van der Waals surface area contributed by atoms with Crippen LogP contribution < -0.4 is 11.3 Å². The fraction of sp³-hybridized carbons (Fsp3) is 0.0909. The highest BCUT2D eigenvalue weighted by molar-refractivity contribution is 7.98. The van der Waals surface area contributed by atoms with Crippen LogP contribution in [0.5, 0.6) is 0 Å². The SMILES string of the molecule is NNc1ncc(Cl)c(SCc2ccc(Cl)cc2)n1. The molecule has 0 saturated heterocycles. The zero-order valence-electron chi connectivity index (χ0n) is 9.23. The van der Waals surface area contributed by atoms with Crippen molar-refractivity contribution in [2.45, 2.75) is 10.8 Å². The average molecular weight is 301 g/mol. The number of halogens is 2. The number of hydrogen-bond acceptors (Lipinski definition) is 5. The van der Waals surface area contributed by atoms with Gasteiger partial charge in [0.2, 0.25) is 5.95 Å². The van der Waals surface area contributed by atoms with Crippen molar-refractivity contribution in [2.24, 2.45) is 5.84 Å². The second-order valence-corrected chi connectivity index (χ2v) is 5.21. The maximum Gasteiger partial charge on any atom is 0.238 e. The molecule has 0 bridgehead atoms. The first-order valence-electron chi connectivity index (χ1n) is 5.05. The number of hydrazine groups is 1. The first-order chi connectivity index (χ1) is 8.69. The lowest BCUT2D eigenvalue weighted by atomic mass is 10.2. The van der Waals surface area contributed by atoms with E-state index in [9.17, 15) is 0 Å². The fourth-order valence-electron chi connectivity index (χ4n) is 1.25. The van der Waals surface area contributed by atoms with Crippen LogP contribution in [0.15, 0.2) is 35.5 Å². The van der Waals surface area contributed by atoms with Crippen LogP contribution in [-0.2, 0) is 5.75 Å². The molecule has 0 spiro atoms. The van der Waals surface area contributed by atoms with Crippen molar-refractivity contribution >= 4 is 40.9 Å². The van der Waals surface area contributed by atoms with Gasteiger partial charge in [-0.05, 0) is 17.7 Å². The lowest BCUT2D eigenvalue weighted by molar-refractivity contribution is 1.03. The van der Waals surface area contributed by atoms with Crippen LogP contribution in [0.25, 0.3) is 0 Å². The Hall–Kier alpha value is -1.01. The Morgan fingerprint density at radius 1 is 1.22 bits per heavy atom. The molecule has 0 aliphatic heterocycles. The molecule has 1 aromatic heterocycles. The number of nitrogens with zero attached hydrogens (tertiary/aromatic N) is 2. The highest BCUT2D eigenvalue weighted by Gasteiger charge is 2.06. The smallest absolute Gasteiger partial charge is 0.238 e. The Morgan fingerprint density at radius 2 is 1.94 bits per heavy atom. The molecule has 0 fully saturated rings. The van der Waals surface area contributed by atoms with Gasteiger partial charge in [0.05, 0.1) is 11.2 Å². The van der Waals surface area contributed by atoms with Gasteiger partial charge in [-0.2, -0.15) is 0 Å². The van der Waals surface area contributed by atoms with Crippen molar-refractivity contribution in [3.8, 4) is 0 Å². The van der Waals surface area contributed by atoms with E-state index in [1.165, 1.54) is 18.0 Å². The molecule has 0 saturated carbocycles. The second-order valence-electron chi connectivity index (χ2n) is 3.41. The summed E-state index contributed by atoms with van der Waals surface area (Å²) in [4.78, 5) is 8.10. The summed E-state index contributed by atoms with van der Waals surface area (Å²) in [5.41, 5.74) is 3.53. The van der Waals surface area contributed by atoms with E-state index in [2.05, 4.69) is 15.4 Å². The summed E-state index contributed by atoms with van der Waals surface area (Å²) in [5, 5.41) is 1.92. The van der Waals surface area contributed by atoms with Gasteiger partial charge in [0.25, 0.3) is 0 Å². The minimum Gasteiger partial charge on any atom is -0.292 e. The molecule has 0 amide bonds. The van der Waals surface area contributed by atoms with Gasteiger partial charge in [-0.15, -0.1) is 0 Å². The molecule has 0 radical (unpaired) electrons. The normalized spacial score (nSPS) is 10.4. The van der Waals surface area contributed by atoms with Crippen LogP contribution >= 0.6 is 35.0 Å². The zero-order chi connectivity index (χ0) is 13.0. The third-order valence-electron chi connectivity index (χ3n) is 2.13. The van der Waals surface area contributed by atoms with Crippen LogP contribution in [0.1, 0.15) is 5.56 Å². The third-order valence-corrected chi connectivity index (χ3v) is 3.83. The fourth-order valence-corrected chi connectivity index (χ4v) is 2.47. The molecule has 2 rings (SSSR count). The van der Waals surface area contributed by atoms with E-state index in [1.807, 2.05) is 24.3 Å². The Morgan fingerprint density at radius 3 is 2.61 bits per heavy atom. The Bertz CT molecular complexity index is 533. The molecule has 18 heavy (non-hydrogen) atoms. The number of nitrogens with two attached hydrogens (primary N) is 1. The van der Waals surface area contributed by atoms with Crippen molar-refractivity contribution in [1.82, 2.24) is 9.97 Å². The molecule has 3 N–H and O–H groups in total. The molecule has 94 valence electrons. The third kappa shape index (κ3) is 3.49. The van der Waals surface area contributed by atoms with Crippen molar-refractivity contribution in [3.05, 3.63) is 46.1 Å². The van der Waals surface area contributed by atoms with Crippen LogP contribution in [0.3, 0.4) is 0 Å². The summed E-state index contributed by atoms with van der Waals surface area (Å²) in [6.07, 6.45) is 1.52. The van der Waals surface area contributed by atoms with Gasteiger partial charge in [-0.25, -0.2) is 15.8 Å². The molecule has 4 nitrogen and oxygen atoms in total. The molecular formula is C11H10Cl2N4S. The molecular weight excluding hydrogens is 291 g/mol. The topological polar surface area (TPSA) is 63.8 Å². The van der Waals surface area contributed by atoms with Gasteiger partial charge >= 0.3 is 0 Å². The zero-order valence-corrected chi connectivity index (χ0v) is 11.6. The van der Waals surface area contributed by atoms with Crippen molar-refractivity contribution in [2.75, 3.05) is 5.43 Å². The monoisotopic (exact) mass is 300 g/mol. The summed E-state index contributed by atoms with van der Waals surface area (Å²) >= 11 is 13.3. The number of thioether (sulfide) groups is 1. The summed E-state index contributed by atoms with van der Waals surface area (Å²) in [5.74, 6) is 6.34. The molecule has 0 aliphatic rings. The number of rotatable bonds is 4. The highest BCUT2D eigenvalue weighted by atomic mass is 35.5. The van der Waals surface area contributed by atoms with Crippen molar-refractivity contribution in [3.63, 3.8) is 0 Å². The van der Waals surface area contributed by atoms with Crippen molar-refractivity contribution < 1.29 is 0 Å². The lowest BCUT2D eigenvalue weighted by Gasteiger charge is -2.05. The van der Waals surface area contributed by atoms with E-state index in [4.69, 9.17) is 29.0 Å². The van der Waals surface area contributed by atoms with Gasteiger partial charge in [0.1, 0.15) is 5.03 Å². The maximum atomic E-state index is 6.01. The summed E-state index contributed by atoms with van der Waals surface area (Å²) in [6.45, 7) is 0. The minimum atomic E-state index is 0.345. The van der Waals surface area contributed by atoms with Crippen LogP contribution in [0.2, 0.25) is 10.0 Å². The minimum absolute atomic E-state index is 0.345. The maximum absolute atomic E-state index is 6.01. The molecule has 0 unspecified atom stereocenters. The van der Waals surface area contributed by atoms with Crippen molar-refractivity contribution in [1.29, 1.82) is 0 Å². The summed E-state index contributed by atoms with van der Waals surface area (Å²) in [7, 11) is 0. The Balaban J connectivity index is 2.07. The number of benzene rings is 1. The molecule has 1 aromatic carbocycles. The Kier molecular flexibility index (Phi) is 4.66. The Labute approximate surface area is 119 Å². The molecule has 0 aliphatic carbocycles. The van der Waals surface area contributed by atoms with Crippen LogP contribution in [-0.4, -0.2) is 9.97 Å². The number of hydrogen-bond donors (Lipinski definition) is 2. The van der Waals surface area contributed by atoms with Gasteiger partial charge in [-0.1, -0.05) is 47.1 Å². The lowest BCUT2D eigenvalue weighted by Crippen LogP contribution is -2.10. The van der Waals surface area contributed by atoms with Gasteiger partial charge in [-0.3, -0.25) is 5.43 Å². The molecule has 1 heterocycles. The average Bonchev–Trinajstić information content (AvgIpc) is 2.40. The highest BCUT2D eigenvalue weighted by Crippen LogP contribution is 2.28. The van der Waals surface area contributed by atoms with Gasteiger partial charge in [0, 0.05) is 10.8 Å². The van der Waals surface area contributed by atoms with E-state index >= 15 is 0 Å². The molecule has 0 atom stereocenters. The predicted molar refractivity (Wildman–Crippen MR) is 75.9 cm³/mol. The second kappa shape index (κ2) is 6.24. The van der Waals surface area contributed by atoms with E-state index in [1.54, 1.807) is 0 Å². The summed E-state index contributed by atoms with van der Waals surface area (Å²) < 4.78 is 0. The summed E-state index contributed by atoms with van der Waals surface area (Å²) in [6, 6.07) is 7.64. The van der Waals surface area contributed by atoms with E-state index in [0.717, 1.165) is 16.3 Å². The van der Waals surface area contributed by atoms with E-state index in [0.29, 0.717) is 16.0 Å². The molecule has 7 heteroatoms. The number of anilines is 1. The quantitative estimate of drug-likeness (QED) is 0.392. The number of nitrogens with one attached hydrogen (secondary N) is 1.